The highest BCUT2D eigenvalue weighted by Crippen LogP contribution is 2.40. The Balaban J connectivity index is 1.29. The van der Waals surface area contributed by atoms with E-state index >= 15 is 0 Å². The number of hydrogen-bond acceptors (Lipinski definition) is 4. The number of anilines is 1. The summed E-state index contributed by atoms with van der Waals surface area (Å²) in [6.07, 6.45) is 4.11. The Labute approximate surface area is 193 Å². The number of hydrogen-bond donors (Lipinski definition) is 3. The minimum Gasteiger partial charge on any atom is -0.322 e. The molecule has 1 aliphatic heterocycles. The van der Waals surface area contributed by atoms with E-state index in [-0.39, 0.29) is 17.9 Å². The zero-order valence-corrected chi connectivity index (χ0v) is 18.5. The van der Waals surface area contributed by atoms with Crippen molar-refractivity contribution in [2.24, 2.45) is 0 Å². The number of aromatic nitrogens is 2. The topological polar surface area (TPSA) is 88.1 Å². The second-order valence-corrected chi connectivity index (χ2v) is 8.86. The maximum absolute atomic E-state index is 12.7. The number of nitrogens with zero attached hydrogens (tertiary/aromatic N) is 2. The van der Waals surface area contributed by atoms with Crippen molar-refractivity contribution < 1.29 is 9.59 Å². The fourth-order valence-electron chi connectivity index (χ4n) is 4.30. The van der Waals surface area contributed by atoms with Crippen molar-refractivity contribution in [3.63, 3.8) is 0 Å². The largest absolute Gasteiger partial charge is 0.322 e. The maximum Gasteiger partial charge on any atom is 0.225 e. The minimum absolute atomic E-state index is 0.0452. The molecule has 2 aromatic carbocycles. The Morgan fingerprint density at radius 1 is 1.06 bits per heavy atom. The van der Waals surface area contributed by atoms with E-state index in [1.54, 1.807) is 4.68 Å². The predicted molar refractivity (Wildman–Crippen MR) is 126 cm³/mol. The van der Waals surface area contributed by atoms with Crippen LogP contribution in [-0.2, 0) is 16.0 Å². The van der Waals surface area contributed by atoms with Gasteiger partial charge in [0.15, 0.2) is 6.29 Å². The lowest BCUT2D eigenvalue weighted by Gasteiger charge is -2.32. The summed E-state index contributed by atoms with van der Waals surface area (Å²) in [7, 11) is 0. The lowest BCUT2D eigenvalue weighted by molar-refractivity contribution is -0.125. The first-order valence-electron chi connectivity index (χ1n) is 11.7. The van der Waals surface area contributed by atoms with Gasteiger partial charge < -0.3 is 10.6 Å². The summed E-state index contributed by atoms with van der Waals surface area (Å²) in [6.45, 7) is 0. The van der Waals surface area contributed by atoms with Crippen LogP contribution in [0.4, 0.5) is 5.82 Å². The SMILES string of the molecule is O=C(CCCc1ccccc1)Nc1cc(C2CC2)nn1C1NC(=O)CC(c2ccccc2)N1. The van der Waals surface area contributed by atoms with Crippen molar-refractivity contribution >= 4 is 17.6 Å². The normalized spacial score (nSPS) is 20.3. The molecule has 2 aliphatic rings. The average molecular weight is 444 g/mol. The third kappa shape index (κ3) is 5.31. The van der Waals surface area contributed by atoms with E-state index in [4.69, 9.17) is 5.10 Å². The van der Waals surface area contributed by atoms with Crippen LogP contribution in [0.3, 0.4) is 0 Å². The van der Waals surface area contributed by atoms with Gasteiger partial charge in [-0.15, -0.1) is 0 Å². The van der Waals surface area contributed by atoms with Crippen LogP contribution in [0.15, 0.2) is 66.7 Å². The molecule has 1 saturated carbocycles. The van der Waals surface area contributed by atoms with Gasteiger partial charge >= 0.3 is 0 Å². The zero-order valence-electron chi connectivity index (χ0n) is 18.5. The molecule has 1 aromatic heterocycles. The Hall–Kier alpha value is -3.45. The summed E-state index contributed by atoms with van der Waals surface area (Å²) in [5, 5.41) is 14.3. The monoisotopic (exact) mass is 443 g/mol. The molecule has 2 atom stereocenters. The van der Waals surface area contributed by atoms with Gasteiger partial charge in [0.05, 0.1) is 5.69 Å². The van der Waals surface area contributed by atoms with Gasteiger partial charge in [0.1, 0.15) is 5.82 Å². The Morgan fingerprint density at radius 3 is 2.52 bits per heavy atom. The second kappa shape index (κ2) is 9.58. The van der Waals surface area contributed by atoms with E-state index in [9.17, 15) is 9.59 Å². The molecule has 0 radical (unpaired) electrons. The Kier molecular flexibility index (Phi) is 6.21. The molecular formula is C26H29N5O2. The molecule has 0 bridgehead atoms. The summed E-state index contributed by atoms with van der Waals surface area (Å²) in [4.78, 5) is 25.2. The van der Waals surface area contributed by atoms with Crippen LogP contribution in [0.25, 0.3) is 0 Å². The second-order valence-electron chi connectivity index (χ2n) is 8.86. The fourth-order valence-corrected chi connectivity index (χ4v) is 4.30. The number of nitrogens with one attached hydrogen (secondary N) is 3. The third-order valence-corrected chi connectivity index (χ3v) is 6.22. The number of aryl methyl sites for hydroxylation is 1. The summed E-state index contributed by atoms with van der Waals surface area (Å²) >= 11 is 0. The van der Waals surface area contributed by atoms with Crippen molar-refractivity contribution in [3.05, 3.63) is 83.6 Å². The predicted octanol–water partition coefficient (Wildman–Crippen LogP) is 4.03. The van der Waals surface area contributed by atoms with Gasteiger partial charge in [-0.3, -0.25) is 14.9 Å². The van der Waals surface area contributed by atoms with E-state index < -0.39 is 6.29 Å². The molecule has 3 N–H and O–H groups in total. The zero-order chi connectivity index (χ0) is 22.6. The van der Waals surface area contributed by atoms with Crippen LogP contribution in [0.5, 0.6) is 0 Å². The van der Waals surface area contributed by atoms with Gasteiger partial charge in [0, 0.05) is 30.9 Å². The lowest BCUT2D eigenvalue weighted by Crippen LogP contribution is -2.50. The Bertz CT molecular complexity index is 1110. The number of carbonyl (C=O) groups is 2. The molecule has 2 unspecified atom stereocenters. The molecular weight excluding hydrogens is 414 g/mol. The number of rotatable bonds is 8. The van der Waals surface area contributed by atoms with Gasteiger partial charge in [0.25, 0.3) is 0 Å². The van der Waals surface area contributed by atoms with Crippen molar-refractivity contribution in [1.29, 1.82) is 0 Å². The molecule has 170 valence electrons. The van der Waals surface area contributed by atoms with E-state index in [2.05, 4.69) is 28.1 Å². The molecule has 7 heteroatoms. The van der Waals surface area contributed by atoms with Crippen molar-refractivity contribution in [1.82, 2.24) is 20.4 Å². The molecule has 0 spiro atoms. The molecule has 33 heavy (non-hydrogen) atoms. The van der Waals surface area contributed by atoms with Gasteiger partial charge in [-0.1, -0.05) is 60.7 Å². The van der Waals surface area contributed by atoms with E-state index in [1.807, 2.05) is 54.6 Å². The van der Waals surface area contributed by atoms with E-state index in [0.717, 1.165) is 36.9 Å². The summed E-state index contributed by atoms with van der Waals surface area (Å²) < 4.78 is 1.72. The van der Waals surface area contributed by atoms with Crippen LogP contribution in [0.1, 0.15) is 67.2 Å². The lowest BCUT2D eigenvalue weighted by atomic mass is 10.0. The quantitative estimate of drug-likeness (QED) is 0.491. The van der Waals surface area contributed by atoms with E-state index in [0.29, 0.717) is 24.6 Å². The first-order valence-corrected chi connectivity index (χ1v) is 11.7. The Morgan fingerprint density at radius 2 is 1.79 bits per heavy atom. The third-order valence-electron chi connectivity index (χ3n) is 6.22. The van der Waals surface area contributed by atoms with Crippen molar-refractivity contribution in [2.45, 2.75) is 56.8 Å². The molecule has 5 rings (SSSR count). The highest BCUT2D eigenvalue weighted by atomic mass is 16.2. The average Bonchev–Trinajstić information content (AvgIpc) is 3.60. The first kappa shape index (κ1) is 21.4. The molecule has 1 aliphatic carbocycles. The van der Waals surface area contributed by atoms with Crippen LogP contribution in [-0.4, -0.2) is 21.6 Å². The summed E-state index contributed by atoms with van der Waals surface area (Å²) in [5.41, 5.74) is 3.25. The smallest absolute Gasteiger partial charge is 0.225 e. The minimum atomic E-state index is -0.524. The highest BCUT2D eigenvalue weighted by molar-refractivity contribution is 5.90. The standard InChI is InChI=1S/C26H29N5O2/c32-24(13-7-10-18-8-3-1-4-9-18)28-23-16-22(20-14-15-20)30-31(23)26-27-21(17-25(33)29-26)19-11-5-2-6-12-19/h1-6,8-9,11-12,16,20-21,26-27H,7,10,13-15,17H2,(H,28,32)(H,29,33). The summed E-state index contributed by atoms with van der Waals surface area (Å²) in [6, 6.07) is 22.0. The molecule has 7 nitrogen and oxygen atoms in total. The molecule has 2 fully saturated rings. The molecule has 3 aromatic rings. The fraction of sp³-hybridized carbons (Fsp3) is 0.346. The van der Waals surface area contributed by atoms with E-state index in [1.165, 1.54) is 5.56 Å². The number of carbonyl (C=O) groups excluding carboxylic acids is 2. The summed E-state index contributed by atoms with van der Waals surface area (Å²) in [5.74, 6) is 0.963. The van der Waals surface area contributed by atoms with Crippen LogP contribution < -0.4 is 16.0 Å². The molecule has 2 heterocycles. The van der Waals surface area contributed by atoms with Gasteiger partial charge in [-0.2, -0.15) is 5.10 Å². The van der Waals surface area contributed by atoms with Crippen molar-refractivity contribution in [2.75, 3.05) is 5.32 Å². The number of amides is 2. The maximum atomic E-state index is 12.7. The number of benzene rings is 2. The van der Waals surface area contributed by atoms with Gasteiger partial charge in [0.2, 0.25) is 11.8 Å². The van der Waals surface area contributed by atoms with Crippen molar-refractivity contribution in [3.8, 4) is 0 Å². The molecule has 2 amide bonds. The highest BCUT2D eigenvalue weighted by Gasteiger charge is 2.33. The molecule has 1 saturated heterocycles. The van der Waals surface area contributed by atoms with Crippen LogP contribution in [0, 0.1) is 0 Å². The first-order chi connectivity index (χ1) is 16.2. The van der Waals surface area contributed by atoms with Crippen LogP contribution in [0.2, 0.25) is 0 Å². The van der Waals surface area contributed by atoms with Gasteiger partial charge in [-0.05, 0) is 36.8 Å². The van der Waals surface area contributed by atoms with Crippen LogP contribution >= 0.6 is 0 Å². The van der Waals surface area contributed by atoms with Gasteiger partial charge in [-0.25, -0.2) is 4.68 Å².